The standard InChI is InChI=1S/C13H20N2O4/c1-3-5-15-10(16)7-9(11(15)17)14-6-4-13(2,8-14)12(18)19/h9H,3-8H2,1-2H3,(H,18,19). The second-order valence-electron chi connectivity index (χ2n) is 5.69. The van der Waals surface area contributed by atoms with Crippen molar-refractivity contribution in [2.75, 3.05) is 19.6 Å². The molecule has 2 aliphatic rings. The predicted octanol–water partition coefficient (Wildman–Crippen LogP) is 0.320. The largest absolute Gasteiger partial charge is 0.481 e. The molecule has 6 nitrogen and oxygen atoms in total. The Kier molecular flexibility index (Phi) is 3.62. The molecule has 2 aliphatic heterocycles. The van der Waals surface area contributed by atoms with Crippen molar-refractivity contribution in [3.63, 3.8) is 0 Å². The summed E-state index contributed by atoms with van der Waals surface area (Å²) in [6.07, 6.45) is 1.46. The number of nitrogens with zero attached hydrogens (tertiary/aromatic N) is 2. The van der Waals surface area contributed by atoms with Crippen LogP contribution in [-0.2, 0) is 14.4 Å². The number of hydrogen-bond donors (Lipinski definition) is 1. The number of aliphatic carboxylic acids is 1. The van der Waals surface area contributed by atoms with Crippen molar-refractivity contribution in [1.82, 2.24) is 9.80 Å². The zero-order valence-corrected chi connectivity index (χ0v) is 11.4. The molecule has 0 saturated carbocycles. The lowest BCUT2D eigenvalue weighted by molar-refractivity contribution is -0.148. The van der Waals surface area contributed by atoms with E-state index in [4.69, 9.17) is 0 Å². The number of amides is 2. The number of carbonyl (C=O) groups excluding carboxylic acids is 2. The maximum Gasteiger partial charge on any atom is 0.310 e. The van der Waals surface area contributed by atoms with Gasteiger partial charge in [-0.25, -0.2) is 0 Å². The van der Waals surface area contributed by atoms with Crippen molar-refractivity contribution in [1.29, 1.82) is 0 Å². The van der Waals surface area contributed by atoms with Crippen LogP contribution >= 0.6 is 0 Å². The Bertz CT molecular complexity index is 423. The first-order valence-electron chi connectivity index (χ1n) is 6.70. The van der Waals surface area contributed by atoms with Gasteiger partial charge >= 0.3 is 5.97 Å². The van der Waals surface area contributed by atoms with E-state index in [1.165, 1.54) is 4.90 Å². The number of likely N-dealkylation sites (tertiary alicyclic amines) is 2. The van der Waals surface area contributed by atoms with Gasteiger partial charge in [0, 0.05) is 19.6 Å². The minimum Gasteiger partial charge on any atom is -0.481 e. The summed E-state index contributed by atoms with van der Waals surface area (Å²) >= 11 is 0. The van der Waals surface area contributed by atoms with E-state index >= 15 is 0 Å². The first-order chi connectivity index (χ1) is 8.89. The Morgan fingerprint density at radius 2 is 2.16 bits per heavy atom. The Labute approximate surface area is 112 Å². The van der Waals surface area contributed by atoms with E-state index < -0.39 is 17.4 Å². The highest BCUT2D eigenvalue weighted by atomic mass is 16.4. The fourth-order valence-electron chi connectivity index (χ4n) is 2.85. The summed E-state index contributed by atoms with van der Waals surface area (Å²) in [5, 5.41) is 9.20. The highest BCUT2D eigenvalue weighted by molar-refractivity contribution is 6.05. The highest BCUT2D eigenvalue weighted by Crippen LogP contribution is 2.33. The molecule has 2 saturated heterocycles. The molecule has 0 aromatic heterocycles. The Balaban J connectivity index is 2.07. The lowest BCUT2D eigenvalue weighted by Crippen LogP contribution is -2.42. The van der Waals surface area contributed by atoms with Gasteiger partial charge in [0.05, 0.1) is 17.9 Å². The third-order valence-electron chi connectivity index (χ3n) is 4.13. The summed E-state index contributed by atoms with van der Waals surface area (Å²) in [7, 11) is 0. The molecular weight excluding hydrogens is 248 g/mol. The Hall–Kier alpha value is -1.43. The van der Waals surface area contributed by atoms with E-state index in [2.05, 4.69) is 0 Å². The molecule has 0 bridgehead atoms. The maximum absolute atomic E-state index is 12.2. The van der Waals surface area contributed by atoms with E-state index in [1.807, 2.05) is 11.8 Å². The average Bonchev–Trinajstić information content (AvgIpc) is 2.86. The van der Waals surface area contributed by atoms with Crippen LogP contribution in [0.25, 0.3) is 0 Å². The SMILES string of the molecule is CCCN1C(=O)CC(N2CCC(C)(C(=O)O)C2)C1=O. The van der Waals surface area contributed by atoms with Gasteiger partial charge < -0.3 is 5.11 Å². The second kappa shape index (κ2) is 4.92. The van der Waals surface area contributed by atoms with Crippen molar-refractivity contribution >= 4 is 17.8 Å². The number of carboxylic acids is 1. The topological polar surface area (TPSA) is 77.9 Å². The summed E-state index contributed by atoms with van der Waals surface area (Å²) in [4.78, 5) is 38.4. The van der Waals surface area contributed by atoms with Gasteiger partial charge in [0.2, 0.25) is 11.8 Å². The minimum atomic E-state index is -0.836. The summed E-state index contributed by atoms with van der Waals surface area (Å²) in [6.45, 7) is 4.97. The van der Waals surface area contributed by atoms with Gasteiger partial charge in [-0.3, -0.25) is 24.2 Å². The van der Waals surface area contributed by atoms with Gasteiger partial charge in [-0.2, -0.15) is 0 Å². The normalized spacial score (nSPS) is 32.3. The van der Waals surface area contributed by atoms with Crippen molar-refractivity contribution in [3.8, 4) is 0 Å². The van der Waals surface area contributed by atoms with Gasteiger partial charge in [0.1, 0.15) is 0 Å². The smallest absolute Gasteiger partial charge is 0.310 e. The summed E-state index contributed by atoms with van der Waals surface area (Å²) in [5.41, 5.74) is -0.804. The van der Waals surface area contributed by atoms with Crippen LogP contribution in [0.3, 0.4) is 0 Å². The van der Waals surface area contributed by atoms with Gasteiger partial charge in [-0.15, -0.1) is 0 Å². The number of hydrogen-bond acceptors (Lipinski definition) is 4. The maximum atomic E-state index is 12.2. The zero-order valence-electron chi connectivity index (χ0n) is 11.4. The number of imide groups is 1. The van der Waals surface area contributed by atoms with Crippen LogP contribution in [-0.4, -0.2) is 58.4 Å². The molecule has 0 aromatic carbocycles. The van der Waals surface area contributed by atoms with Crippen LogP contribution in [0.2, 0.25) is 0 Å². The van der Waals surface area contributed by atoms with Crippen molar-refractivity contribution < 1.29 is 19.5 Å². The van der Waals surface area contributed by atoms with E-state index in [9.17, 15) is 19.5 Å². The molecule has 1 N–H and O–H groups in total. The fraction of sp³-hybridized carbons (Fsp3) is 0.769. The Morgan fingerprint density at radius 1 is 1.47 bits per heavy atom. The third kappa shape index (κ3) is 2.36. The number of carbonyl (C=O) groups is 3. The molecule has 2 heterocycles. The molecule has 0 spiro atoms. The third-order valence-corrected chi connectivity index (χ3v) is 4.13. The molecule has 0 radical (unpaired) electrons. The zero-order chi connectivity index (χ0) is 14.2. The Morgan fingerprint density at radius 3 is 2.68 bits per heavy atom. The van der Waals surface area contributed by atoms with Gasteiger partial charge in [0.15, 0.2) is 0 Å². The second-order valence-corrected chi connectivity index (χ2v) is 5.69. The van der Waals surface area contributed by atoms with Crippen LogP contribution in [0.4, 0.5) is 0 Å². The van der Waals surface area contributed by atoms with E-state index in [-0.39, 0.29) is 18.2 Å². The van der Waals surface area contributed by atoms with E-state index in [0.29, 0.717) is 26.1 Å². The van der Waals surface area contributed by atoms with Crippen LogP contribution < -0.4 is 0 Å². The quantitative estimate of drug-likeness (QED) is 0.743. The first-order valence-corrected chi connectivity index (χ1v) is 6.70. The van der Waals surface area contributed by atoms with Crippen LogP contribution in [0, 0.1) is 5.41 Å². The molecular formula is C13H20N2O4. The lowest BCUT2D eigenvalue weighted by Gasteiger charge is -2.24. The minimum absolute atomic E-state index is 0.138. The molecule has 2 atom stereocenters. The predicted molar refractivity (Wildman–Crippen MR) is 67.3 cm³/mol. The molecule has 0 aliphatic carbocycles. The molecule has 2 fully saturated rings. The van der Waals surface area contributed by atoms with E-state index in [0.717, 1.165) is 6.42 Å². The van der Waals surface area contributed by atoms with Crippen molar-refractivity contribution in [2.24, 2.45) is 5.41 Å². The molecule has 0 aromatic rings. The van der Waals surface area contributed by atoms with Gasteiger partial charge in [-0.05, 0) is 19.8 Å². The molecule has 106 valence electrons. The molecule has 2 amide bonds. The summed E-state index contributed by atoms with van der Waals surface area (Å²) in [5.74, 6) is -1.14. The number of carboxylic acid groups (broad SMARTS) is 1. The molecule has 2 unspecified atom stereocenters. The summed E-state index contributed by atoms with van der Waals surface area (Å²) < 4.78 is 0. The van der Waals surface area contributed by atoms with Crippen molar-refractivity contribution in [2.45, 2.75) is 39.2 Å². The first kappa shape index (κ1) is 14.0. The van der Waals surface area contributed by atoms with Crippen LogP contribution in [0.1, 0.15) is 33.1 Å². The van der Waals surface area contributed by atoms with Crippen LogP contribution in [0.5, 0.6) is 0 Å². The van der Waals surface area contributed by atoms with E-state index in [1.54, 1.807) is 6.92 Å². The molecule has 2 rings (SSSR count). The fourth-order valence-corrected chi connectivity index (χ4v) is 2.85. The average molecular weight is 268 g/mol. The lowest BCUT2D eigenvalue weighted by atomic mass is 9.90. The molecule has 6 heteroatoms. The van der Waals surface area contributed by atoms with Crippen molar-refractivity contribution in [3.05, 3.63) is 0 Å². The molecule has 19 heavy (non-hydrogen) atoms. The van der Waals surface area contributed by atoms with Gasteiger partial charge in [-0.1, -0.05) is 6.92 Å². The van der Waals surface area contributed by atoms with Crippen LogP contribution in [0.15, 0.2) is 0 Å². The monoisotopic (exact) mass is 268 g/mol. The summed E-state index contributed by atoms with van der Waals surface area (Å²) in [6, 6.07) is -0.458. The van der Waals surface area contributed by atoms with Gasteiger partial charge in [0.25, 0.3) is 0 Å². The number of rotatable bonds is 4. The highest BCUT2D eigenvalue weighted by Gasteiger charge is 2.48.